The van der Waals surface area contributed by atoms with Crippen molar-refractivity contribution < 1.29 is 24.2 Å². The molecule has 1 unspecified atom stereocenters. The molecule has 1 aliphatic rings. The Kier molecular flexibility index (Phi) is 6.25. The van der Waals surface area contributed by atoms with Gasteiger partial charge in [0.15, 0.2) is 10.4 Å². The second-order valence-corrected chi connectivity index (χ2v) is 7.54. The number of thiocarbonyl (C=S) groups is 1. The van der Waals surface area contributed by atoms with E-state index < -0.39 is 23.9 Å². The Morgan fingerprint density at radius 1 is 1.24 bits per heavy atom. The maximum atomic E-state index is 12.6. The number of carbonyl (C=O) groups excluding carboxylic acids is 2. The number of carboxylic acids is 1. The van der Waals surface area contributed by atoms with Crippen LogP contribution >= 0.6 is 24.0 Å². The number of benzene rings is 1. The second-order valence-electron chi connectivity index (χ2n) is 5.86. The lowest BCUT2D eigenvalue weighted by atomic mass is 10.2. The van der Waals surface area contributed by atoms with E-state index >= 15 is 0 Å². The summed E-state index contributed by atoms with van der Waals surface area (Å²) in [7, 11) is 0. The maximum absolute atomic E-state index is 12.6. The van der Waals surface area contributed by atoms with Crippen LogP contribution in [0.2, 0.25) is 0 Å². The summed E-state index contributed by atoms with van der Waals surface area (Å²) in [5.41, 5.74) is 3.54. The highest BCUT2D eigenvalue weighted by atomic mass is 32.2. The number of carbonyl (C=O) groups is 3. The zero-order valence-electron chi connectivity index (χ0n) is 15.1. The first-order valence-corrected chi connectivity index (χ1v) is 9.56. The molecule has 8 nitrogen and oxygen atoms in total. The van der Waals surface area contributed by atoms with Crippen molar-refractivity contribution in [3.05, 3.63) is 64.8 Å². The summed E-state index contributed by atoms with van der Waals surface area (Å²) in [5, 5.41) is 9.91. The molecule has 2 amide bonds. The van der Waals surface area contributed by atoms with Gasteiger partial charge in [-0.05, 0) is 55.0 Å². The number of rotatable bonds is 6. The molecule has 148 valence electrons. The quantitative estimate of drug-likeness (QED) is 0.533. The fraction of sp³-hybridized carbons (Fsp3) is 0.105. The molecule has 2 aromatic rings. The molecule has 0 radical (unpaired) electrons. The van der Waals surface area contributed by atoms with Crippen LogP contribution in [0.25, 0.3) is 6.08 Å². The summed E-state index contributed by atoms with van der Waals surface area (Å²) >= 11 is 6.26. The highest BCUT2D eigenvalue weighted by Gasteiger charge is 2.33. The van der Waals surface area contributed by atoms with E-state index in [1.54, 1.807) is 30.3 Å². The molecule has 0 saturated carbocycles. The van der Waals surface area contributed by atoms with Gasteiger partial charge >= 0.3 is 5.97 Å². The molecule has 1 aromatic heterocycles. The van der Waals surface area contributed by atoms with Crippen molar-refractivity contribution in [1.29, 1.82) is 0 Å². The van der Waals surface area contributed by atoms with E-state index in [1.807, 2.05) is 0 Å². The molecule has 0 aliphatic carbocycles. The van der Waals surface area contributed by atoms with Crippen molar-refractivity contribution >= 4 is 52.2 Å². The van der Waals surface area contributed by atoms with Gasteiger partial charge in [-0.15, -0.1) is 0 Å². The van der Waals surface area contributed by atoms with Crippen LogP contribution in [0.15, 0.2) is 53.7 Å². The molecular weight excluding hydrogens is 414 g/mol. The van der Waals surface area contributed by atoms with Gasteiger partial charge in [0.05, 0.1) is 4.91 Å². The Morgan fingerprint density at radius 3 is 2.52 bits per heavy atom. The second kappa shape index (κ2) is 8.84. The Bertz CT molecular complexity index is 993. The van der Waals surface area contributed by atoms with Crippen LogP contribution in [0, 0.1) is 0 Å². The normalized spacial score (nSPS) is 16.0. The van der Waals surface area contributed by atoms with Crippen LogP contribution in [0.4, 0.5) is 0 Å². The number of hydrogen-bond donors (Lipinski definition) is 2. The molecule has 2 heterocycles. The van der Waals surface area contributed by atoms with Gasteiger partial charge in [-0.1, -0.05) is 23.9 Å². The monoisotopic (exact) mass is 429 g/mol. The Balaban J connectivity index is 1.69. The number of thioether (sulfide) groups is 1. The fourth-order valence-corrected chi connectivity index (χ4v) is 3.46. The Hall–Kier alpha value is -3.24. The molecule has 10 heteroatoms. The van der Waals surface area contributed by atoms with Crippen molar-refractivity contribution in [2.75, 3.05) is 0 Å². The van der Waals surface area contributed by atoms with Crippen LogP contribution in [0.5, 0.6) is 5.75 Å². The topological polar surface area (TPSA) is 109 Å². The first kappa shape index (κ1) is 20.5. The van der Waals surface area contributed by atoms with Crippen molar-refractivity contribution in [3.8, 4) is 5.75 Å². The summed E-state index contributed by atoms with van der Waals surface area (Å²) in [6, 6.07) is 9.64. The van der Waals surface area contributed by atoms with Crippen LogP contribution in [0.1, 0.15) is 22.8 Å². The minimum Gasteiger partial charge on any atom is -0.479 e. The number of ether oxygens (including phenoxy) is 1. The predicted octanol–water partition coefficient (Wildman–Crippen LogP) is 2.48. The number of amides is 2. The molecule has 29 heavy (non-hydrogen) atoms. The Morgan fingerprint density at radius 2 is 1.90 bits per heavy atom. The third kappa shape index (κ3) is 4.98. The van der Waals surface area contributed by atoms with Gasteiger partial charge in [0.25, 0.3) is 11.8 Å². The van der Waals surface area contributed by atoms with E-state index in [1.165, 1.54) is 31.5 Å². The number of hydrogen-bond acceptors (Lipinski definition) is 7. The number of aliphatic carboxylic acids is 1. The van der Waals surface area contributed by atoms with Crippen LogP contribution in [-0.2, 0) is 9.59 Å². The third-order valence-corrected chi connectivity index (χ3v) is 5.09. The summed E-state index contributed by atoms with van der Waals surface area (Å²) in [4.78, 5) is 39.9. The van der Waals surface area contributed by atoms with Gasteiger partial charge in [-0.2, -0.15) is 5.01 Å². The molecule has 0 spiro atoms. The highest BCUT2D eigenvalue weighted by Crippen LogP contribution is 2.31. The summed E-state index contributed by atoms with van der Waals surface area (Å²) in [5.74, 6) is -1.58. The molecule has 1 aliphatic heterocycles. The lowest BCUT2D eigenvalue weighted by Crippen LogP contribution is -2.44. The van der Waals surface area contributed by atoms with Gasteiger partial charge in [0, 0.05) is 18.0 Å². The van der Waals surface area contributed by atoms with E-state index in [-0.39, 0.29) is 4.32 Å². The SMILES string of the molecule is CC(Oc1ccc(/C=C2/SC(=S)N(NC(=O)c3ccncc3)C2=O)cc1)C(=O)O. The molecule has 1 atom stereocenters. The molecule has 1 aromatic carbocycles. The number of hydrazine groups is 1. The van der Waals surface area contributed by atoms with Crippen molar-refractivity contribution in [2.24, 2.45) is 0 Å². The number of pyridine rings is 1. The van der Waals surface area contributed by atoms with Crippen molar-refractivity contribution in [3.63, 3.8) is 0 Å². The number of nitrogens with one attached hydrogen (secondary N) is 1. The van der Waals surface area contributed by atoms with Gasteiger partial charge in [0.1, 0.15) is 5.75 Å². The molecule has 0 bridgehead atoms. The lowest BCUT2D eigenvalue weighted by Gasteiger charge is -2.15. The molecule has 1 fully saturated rings. The van der Waals surface area contributed by atoms with E-state index in [0.29, 0.717) is 21.8 Å². The van der Waals surface area contributed by atoms with Crippen LogP contribution in [-0.4, -0.2) is 43.3 Å². The average Bonchev–Trinajstić information content (AvgIpc) is 2.97. The number of carboxylic acid groups (broad SMARTS) is 1. The smallest absolute Gasteiger partial charge is 0.344 e. The minimum atomic E-state index is -1.06. The van der Waals surface area contributed by atoms with E-state index in [9.17, 15) is 14.4 Å². The van der Waals surface area contributed by atoms with Gasteiger partial charge < -0.3 is 9.84 Å². The van der Waals surface area contributed by atoms with Crippen LogP contribution < -0.4 is 10.2 Å². The fourth-order valence-electron chi connectivity index (χ4n) is 2.28. The molecule has 3 rings (SSSR count). The molecule has 1 saturated heterocycles. The largest absolute Gasteiger partial charge is 0.479 e. The average molecular weight is 429 g/mol. The van der Waals surface area contributed by atoms with Crippen molar-refractivity contribution in [2.45, 2.75) is 13.0 Å². The summed E-state index contributed by atoms with van der Waals surface area (Å²) in [6.07, 6.45) is 3.61. The zero-order valence-corrected chi connectivity index (χ0v) is 16.7. The van der Waals surface area contributed by atoms with Crippen molar-refractivity contribution in [1.82, 2.24) is 15.4 Å². The van der Waals surface area contributed by atoms with E-state index in [2.05, 4.69) is 10.4 Å². The predicted molar refractivity (Wildman–Crippen MR) is 111 cm³/mol. The van der Waals surface area contributed by atoms with Gasteiger partial charge in [-0.25, -0.2) is 4.79 Å². The van der Waals surface area contributed by atoms with Crippen LogP contribution in [0.3, 0.4) is 0 Å². The lowest BCUT2D eigenvalue weighted by molar-refractivity contribution is -0.144. The zero-order chi connectivity index (χ0) is 21.0. The standard InChI is InChI=1S/C19H15N3O5S2/c1-11(18(25)26)27-14-4-2-12(3-5-14)10-15-17(24)22(19(28)29-15)21-16(23)13-6-8-20-9-7-13/h2-11H,1H3,(H,21,23)(H,25,26)/b15-10+. The maximum Gasteiger partial charge on any atom is 0.344 e. The summed E-state index contributed by atoms with van der Waals surface area (Å²) in [6.45, 7) is 1.43. The van der Waals surface area contributed by atoms with Gasteiger partial charge in [-0.3, -0.25) is 20.0 Å². The van der Waals surface area contributed by atoms with E-state index in [4.69, 9.17) is 22.1 Å². The number of nitrogens with zero attached hydrogens (tertiary/aromatic N) is 2. The highest BCUT2D eigenvalue weighted by molar-refractivity contribution is 8.26. The first-order valence-electron chi connectivity index (χ1n) is 8.33. The Labute approximate surface area is 175 Å². The first-order chi connectivity index (χ1) is 13.8. The minimum absolute atomic E-state index is 0.207. The molecular formula is C19H15N3O5S2. The van der Waals surface area contributed by atoms with E-state index in [0.717, 1.165) is 16.8 Å². The summed E-state index contributed by atoms with van der Waals surface area (Å²) < 4.78 is 5.48. The number of aromatic nitrogens is 1. The molecule has 2 N–H and O–H groups in total. The third-order valence-electron chi connectivity index (χ3n) is 3.79. The van der Waals surface area contributed by atoms with Gasteiger partial charge in [0.2, 0.25) is 0 Å².